The van der Waals surface area contributed by atoms with E-state index in [9.17, 15) is 34.4 Å². The highest BCUT2D eigenvalue weighted by Crippen LogP contribution is 2.33. The largest absolute Gasteiger partial charge is 0.494 e. The summed E-state index contributed by atoms with van der Waals surface area (Å²) >= 11 is 0. The van der Waals surface area contributed by atoms with Gasteiger partial charge in [0.2, 0.25) is 17.8 Å². The second-order valence-corrected chi connectivity index (χ2v) is 15.3. The van der Waals surface area contributed by atoms with Crippen molar-refractivity contribution in [2.75, 3.05) is 42.5 Å². The van der Waals surface area contributed by atoms with E-state index in [2.05, 4.69) is 51.4 Å². The molecule has 24 heteroatoms. The number of benzene rings is 4. The average Bonchev–Trinajstić information content (AvgIpc) is 3.12. The molecule has 0 unspecified atom stereocenters. The van der Waals surface area contributed by atoms with E-state index in [0.29, 0.717) is 22.7 Å². The molecule has 0 saturated carbocycles. The van der Waals surface area contributed by atoms with Crippen LogP contribution >= 0.6 is 0 Å². The van der Waals surface area contributed by atoms with Gasteiger partial charge in [-0.3, -0.25) is 13.7 Å². The molecule has 0 aliphatic heterocycles. The molecule has 288 valence electrons. The van der Waals surface area contributed by atoms with Crippen molar-refractivity contribution in [3.8, 4) is 11.5 Å². The van der Waals surface area contributed by atoms with Crippen LogP contribution in [0.2, 0.25) is 0 Å². The normalized spacial score (nSPS) is 12.2. The minimum atomic E-state index is -4.48. The second kappa shape index (κ2) is 16.9. The first-order valence-corrected chi connectivity index (χ1v) is 19.8. The zero-order valence-corrected chi connectivity index (χ0v) is 30.9. The molecule has 1 aromatic heterocycles. The number of nitrogens with one attached hydrogen (secondary N) is 3. The quantitative estimate of drug-likeness (QED) is 0.0491. The Morgan fingerprint density at radius 2 is 0.964 bits per heavy atom. The summed E-state index contributed by atoms with van der Waals surface area (Å²) in [6.45, 7) is -0.225. The van der Waals surface area contributed by atoms with Crippen molar-refractivity contribution >= 4 is 82.3 Å². The van der Waals surface area contributed by atoms with Crippen LogP contribution in [0.25, 0.3) is 0 Å². The van der Waals surface area contributed by atoms with E-state index in [-0.39, 0.29) is 57.1 Å². The third-order valence-electron chi connectivity index (χ3n) is 6.97. The molecule has 0 radical (unpaired) electrons. The van der Waals surface area contributed by atoms with Crippen molar-refractivity contribution in [3.63, 3.8) is 0 Å². The van der Waals surface area contributed by atoms with Gasteiger partial charge in [0.25, 0.3) is 30.4 Å². The van der Waals surface area contributed by atoms with Gasteiger partial charge in [0.1, 0.15) is 22.9 Å². The maximum Gasteiger partial charge on any atom is 0.294 e. The molecule has 0 aliphatic carbocycles. The summed E-state index contributed by atoms with van der Waals surface area (Å²) in [7, 11) is -10.5. The number of nitrogens with zero attached hydrogens (tertiary/aromatic N) is 7. The first kappa shape index (κ1) is 40.0. The molecule has 0 aliphatic rings. The van der Waals surface area contributed by atoms with E-state index in [1.165, 1.54) is 26.4 Å². The summed E-state index contributed by atoms with van der Waals surface area (Å²) in [5.74, 6) is -0.159. The van der Waals surface area contributed by atoms with E-state index in [1.54, 1.807) is 48.5 Å². The smallest absolute Gasteiger partial charge is 0.294 e. The Labute approximate surface area is 313 Å². The summed E-state index contributed by atoms with van der Waals surface area (Å²) < 4.78 is 107. The highest BCUT2D eigenvalue weighted by Gasteiger charge is 2.15. The van der Waals surface area contributed by atoms with Gasteiger partial charge in [0, 0.05) is 17.9 Å². The Morgan fingerprint density at radius 1 is 0.564 bits per heavy atom. The van der Waals surface area contributed by atoms with Crippen LogP contribution in [0, 0.1) is 0 Å². The summed E-state index contributed by atoms with van der Waals surface area (Å²) in [6, 6.07) is 20.0. The number of aromatic nitrogens is 3. The van der Waals surface area contributed by atoms with Crippen LogP contribution in [0.4, 0.5) is 52.0 Å². The number of azo groups is 2. The summed E-state index contributed by atoms with van der Waals surface area (Å²) in [5, 5.41) is 25.0. The Balaban J connectivity index is 1.33. The summed E-state index contributed by atoms with van der Waals surface area (Å²) in [6.07, 6.45) is 0. The molecule has 0 fully saturated rings. The Bertz CT molecular complexity index is 2420. The number of ether oxygens (including phenoxy) is 2. The lowest BCUT2D eigenvalue weighted by Crippen LogP contribution is -2.17. The molecule has 5 aromatic rings. The van der Waals surface area contributed by atoms with Crippen molar-refractivity contribution in [2.45, 2.75) is 9.79 Å². The maximum atomic E-state index is 11.5. The van der Waals surface area contributed by atoms with E-state index >= 15 is 0 Å². The Hall–Kier alpha value is -6.18. The fourth-order valence-electron chi connectivity index (χ4n) is 4.38. The zero-order valence-electron chi connectivity index (χ0n) is 28.5. The molecule has 0 saturated heterocycles. The number of methoxy groups -OCH3 is 2. The van der Waals surface area contributed by atoms with Crippen LogP contribution in [0.15, 0.2) is 115 Å². The Kier molecular flexibility index (Phi) is 12.3. The molecule has 55 heavy (non-hydrogen) atoms. The van der Waals surface area contributed by atoms with Crippen molar-refractivity contribution in [1.29, 1.82) is 0 Å². The minimum absolute atomic E-state index is 0.0273. The van der Waals surface area contributed by atoms with Gasteiger partial charge in [0.05, 0.1) is 41.1 Å². The fourth-order valence-corrected chi connectivity index (χ4v) is 5.74. The SMILES string of the molecule is COc1ccc(S(=O)(=O)O)cc1N=Nc1ccc(Nc2nc(NCCS(=O)(=O)O)nc(Nc3ccc(N=Nc4cc(S(=O)(=O)O)ccc4OC)cc3)n2)cc1. The van der Waals surface area contributed by atoms with Gasteiger partial charge in [-0.1, -0.05) is 0 Å². The van der Waals surface area contributed by atoms with Gasteiger partial charge in [-0.05, 0) is 84.9 Å². The average molecular weight is 815 g/mol. The molecule has 0 amide bonds. The lowest BCUT2D eigenvalue weighted by molar-refractivity contribution is 0.415. The van der Waals surface area contributed by atoms with E-state index < -0.39 is 36.1 Å². The van der Waals surface area contributed by atoms with Gasteiger partial charge < -0.3 is 25.4 Å². The molecule has 0 spiro atoms. The van der Waals surface area contributed by atoms with Gasteiger partial charge in [-0.15, -0.1) is 10.2 Å². The van der Waals surface area contributed by atoms with Gasteiger partial charge in [0.15, 0.2) is 0 Å². The number of anilines is 5. The van der Waals surface area contributed by atoms with Gasteiger partial charge >= 0.3 is 0 Å². The molecule has 6 N–H and O–H groups in total. The van der Waals surface area contributed by atoms with Crippen molar-refractivity contribution in [1.82, 2.24) is 15.0 Å². The molecule has 1 heterocycles. The van der Waals surface area contributed by atoms with Crippen LogP contribution in [0.1, 0.15) is 0 Å². The third-order valence-corrected chi connectivity index (χ3v) is 9.39. The zero-order chi connectivity index (χ0) is 39.8. The van der Waals surface area contributed by atoms with Crippen LogP contribution in [-0.4, -0.2) is 80.4 Å². The second-order valence-electron chi connectivity index (χ2n) is 10.9. The molecule has 0 bridgehead atoms. The highest BCUT2D eigenvalue weighted by atomic mass is 32.2. The number of rotatable bonds is 16. The van der Waals surface area contributed by atoms with Crippen molar-refractivity contribution in [3.05, 3.63) is 84.9 Å². The van der Waals surface area contributed by atoms with Gasteiger partial charge in [-0.2, -0.15) is 50.4 Å². The summed E-state index contributed by atoms with van der Waals surface area (Å²) in [4.78, 5) is 12.1. The molecular formula is C31H30N10O11S3. The van der Waals surface area contributed by atoms with Crippen LogP contribution in [0.5, 0.6) is 11.5 Å². The fraction of sp³-hybridized carbons (Fsp3) is 0.129. The van der Waals surface area contributed by atoms with E-state index in [0.717, 1.165) is 24.3 Å². The first-order chi connectivity index (χ1) is 26.0. The van der Waals surface area contributed by atoms with Crippen LogP contribution < -0.4 is 25.4 Å². The number of hydrogen-bond donors (Lipinski definition) is 6. The predicted molar refractivity (Wildman–Crippen MR) is 198 cm³/mol. The number of hydrogen-bond acceptors (Lipinski definition) is 18. The topological polar surface area (TPSA) is 306 Å². The van der Waals surface area contributed by atoms with E-state index in [1.807, 2.05) is 0 Å². The van der Waals surface area contributed by atoms with Crippen LogP contribution in [0.3, 0.4) is 0 Å². The Morgan fingerprint density at radius 3 is 1.33 bits per heavy atom. The predicted octanol–water partition coefficient (Wildman–Crippen LogP) is 6.00. The van der Waals surface area contributed by atoms with Crippen molar-refractivity contribution < 1.29 is 48.4 Å². The lowest BCUT2D eigenvalue weighted by atomic mass is 10.3. The highest BCUT2D eigenvalue weighted by molar-refractivity contribution is 7.86. The standard InChI is InChI=1S/C31H30N10O11S3/c1-51-27-13-11-23(54(45,46)47)17-25(27)40-38-21-7-3-19(4-8-21)33-30-35-29(32-15-16-53(42,43)44)36-31(37-30)34-20-5-9-22(10-6-20)39-41-26-18-24(55(48,49)50)12-14-28(26)52-2/h3-14,17-18H,15-16H2,1-2H3,(H,42,43,44)(H,45,46,47)(H,48,49,50)(H3,32,33,34,35,36,37). The maximum absolute atomic E-state index is 11.5. The molecule has 4 aromatic carbocycles. The third kappa shape index (κ3) is 11.7. The monoisotopic (exact) mass is 814 g/mol. The van der Waals surface area contributed by atoms with Crippen molar-refractivity contribution in [2.24, 2.45) is 20.5 Å². The molecule has 0 atom stereocenters. The first-order valence-electron chi connectivity index (χ1n) is 15.3. The molecule has 5 rings (SSSR count). The van der Waals surface area contributed by atoms with Gasteiger partial charge in [-0.25, -0.2) is 0 Å². The summed E-state index contributed by atoms with van der Waals surface area (Å²) in [5.41, 5.74) is 1.82. The molecule has 21 nitrogen and oxygen atoms in total. The minimum Gasteiger partial charge on any atom is -0.494 e. The van der Waals surface area contributed by atoms with Crippen LogP contribution in [-0.2, 0) is 30.4 Å². The van der Waals surface area contributed by atoms with E-state index in [4.69, 9.17) is 14.0 Å². The molecular weight excluding hydrogens is 785 g/mol. The lowest BCUT2D eigenvalue weighted by Gasteiger charge is -2.11.